The Morgan fingerprint density at radius 3 is 2.49 bits per heavy atom. The van der Waals surface area contributed by atoms with Crippen LogP contribution in [0.4, 0.5) is 21.8 Å². The van der Waals surface area contributed by atoms with Gasteiger partial charge in [0.1, 0.15) is 11.6 Å². The molecular weight excluding hydrogens is 449 g/mol. The van der Waals surface area contributed by atoms with Gasteiger partial charge in [0, 0.05) is 25.2 Å². The summed E-state index contributed by atoms with van der Waals surface area (Å²) in [5.74, 6) is -1.26. The van der Waals surface area contributed by atoms with Gasteiger partial charge in [-0.3, -0.25) is 19.4 Å². The summed E-state index contributed by atoms with van der Waals surface area (Å²) < 4.78 is 13.2. The lowest BCUT2D eigenvalue weighted by molar-refractivity contribution is -0.123. The van der Waals surface area contributed by atoms with Gasteiger partial charge in [0.15, 0.2) is 0 Å². The zero-order valence-electron chi connectivity index (χ0n) is 19.1. The summed E-state index contributed by atoms with van der Waals surface area (Å²) in [6.45, 7) is 1.48. The SMILES string of the molecule is O=C1C[C@H](C(=O)Nc2ccc(F)cc2)c2c(nc(N3CCC(Cc4ccccc4)CC3)[nH]c2=O)N1. The molecule has 0 radical (unpaired) electrons. The molecule has 2 aliphatic rings. The molecule has 0 bridgehead atoms. The van der Waals surface area contributed by atoms with Crippen molar-refractivity contribution in [3.63, 3.8) is 0 Å². The van der Waals surface area contributed by atoms with Gasteiger partial charge in [0.05, 0.1) is 11.5 Å². The van der Waals surface area contributed by atoms with Crippen LogP contribution in [0.2, 0.25) is 0 Å². The zero-order chi connectivity index (χ0) is 24.4. The predicted molar refractivity (Wildman–Crippen MR) is 131 cm³/mol. The molecule has 8 nitrogen and oxygen atoms in total. The molecule has 5 rings (SSSR count). The van der Waals surface area contributed by atoms with E-state index in [1.165, 1.54) is 29.8 Å². The highest BCUT2D eigenvalue weighted by Crippen LogP contribution is 2.31. The lowest BCUT2D eigenvalue weighted by Crippen LogP contribution is -2.40. The van der Waals surface area contributed by atoms with Gasteiger partial charge in [-0.2, -0.15) is 4.98 Å². The van der Waals surface area contributed by atoms with E-state index in [9.17, 15) is 18.8 Å². The summed E-state index contributed by atoms with van der Waals surface area (Å²) >= 11 is 0. The lowest BCUT2D eigenvalue weighted by atomic mass is 9.90. The number of aromatic nitrogens is 2. The number of amides is 2. The van der Waals surface area contributed by atoms with E-state index in [1.807, 2.05) is 23.1 Å². The minimum absolute atomic E-state index is 0.116. The van der Waals surface area contributed by atoms with Crippen LogP contribution < -0.4 is 21.1 Å². The van der Waals surface area contributed by atoms with Crippen molar-refractivity contribution < 1.29 is 14.0 Å². The molecule has 1 saturated heterocycles. The van der Waals surface area contributed by atoms with Crippen LogP contribution in [0, 0.1) is 11.7 Å². The van der Waals surface area contributed by atoms with Crippen molar-refractivity contribution in [2.24, 2.45) is 5.92 Å². The van der Waals surface area contributed by atoms with Crippen molar-refractivity contribution in [2.45, 2.75) is 31.6 Å². The number of hydrogen-bond donors (Lipinski definition) is 3. The third-order valence-electron chi connectivity index (χ3n) is 6.65. The first-order valence-electron chi connectivity index (χ1n) is 11.8. The smallest absolute Gasteiger partial charge is 0.258 e. The van der Waals surface area contributed by atoms with E-state index < -0.39 is 23.2 Å². The number of piperidine rings is 1. The van der Waals surface area contributed by atoms with E-state index >= 15 is 0 Å². The van der Waals surface area contributed by atoms with E-state index in [0.717, 1.165) is 32.4 Å². The van der Waals surface area contributed by atoms with Crippen molar-refractivity contribution in [1.29, 1.82) is 0 Å². The fourth-order valence-corrected chi connectivity index (χ4v) is 4.79. The van der Waals surface area contributed by atoms with Crippen LogP contribution in [-0.2, 0) is 16.0 Å². The van der Waals surface area contributed by atoms with Gasteiger partial charge >= 0.3 is 0 Å². The topological polar surface area (TPSA) is 107 Å². The van der Waals surface area contributed by atoms with Crippen LogP contribution >= 0.6 is 0 Å². The van der Waals surface area contributed by atoms with E-state index in [0.29, 0.717) is 17.6 Å². The number of nitrogens with one attached hydrogen (secondary N) is 3. The van der Waals surface area contributed by atoms with E-state index in [1.54, 1.807) is 0 Å². The number of nitrogens with zero attached hydrogens (tertiary/aromatic N) is 2. The van der Waals surface area contributed by atoms with Crippen LogP contribution in [0.3, 0.4) is 0 Å². The Hall–Kier alpha value is -4.01. The number of aromatic amines is 1. The second kappa shape index (κ2) is 9.69. The highest BCUT2D eigenvalue weighted by atomic mass is 19.1. The molecule has 2 amide bonds. The molecule has 2 aromatic carbocycles. The molecule has 0 spiro atoms. The van der Waals surface area contributed by atoms with Crippen molar-refractivity contribution in [3.8, 4) is 0 Å². The number of carbonyl (C=O) groups excluding carboxylic acids is 2. The molecule has 3 aromatic rings. The minimum Gasteiger partial charge on any atom is -0.342 e. The molecule has 0 saturated carbocycles. The maximum atomic E-state index is 13.2. The zero-order valence-corrected chi connectivity index (χ0v) is 19.1. The fourth-order valence-electron chi connectivity index (χ4n) is 4.79. The standard InChI is InChI=1S/C26H26FN5O3/c27-18-6-8-19(9-7-18)28-24(34)20-15-21(33)29-23-22(20)25(35)31-26(30-23)32-12-10-17(11-13-32)14-16-4-2-1-3-5-16/h1-9,17,20H,10-15H2,(H,28,34)(H2,29,30,31,33,35)/t20-/m0/s1. The highest BCUT2D eigenvalue weighted by Gasteiger charge is 2.35. The third kappa shape index (κ3) is 5.08. The lowest BCUT2D eigenvalue weighted by Gasteiger charge is -2.33. The van der Waals surface area contributed by atoms with Gasteiger partial charge in [-0.25, -0.2) is 4.39 Å². The first-order valence-corrected chi connectivity index (χ1v) is 11.8. The number of benzene rings is 2. The molecule has 180 valence electrons. The highest BCUT2D eigenvalue weighted by molar-refractivity contribution is 6.04. The Bertz CT molecular complexity index is 1280. The summed E-state index contributed by atoms with van der Waals surface area (Å²) in [6.07, 6.45) is 2.77. The molecular formula is C26H26FN5O3. The van der Waals surface area contributed by atoms with Crippen molar-refractivity contribution in [2.75, 3.05) is 28.6 Å². The largest absolute Gasteiger partial charge is 0.342 e. The van der Waals surface area contributed by atoms with Gasteiger partial charge in [-0.15, -0.1) is 0 Å². The monoisotopic (exact) mass is 475 g/mol. The Morgan fingerprint density at radius 1 is 1.06 bits per heavy atom. The quantitative estimate of drug-likeness (QED) is 0.524. The number of halogens is 1. The molecule has 3 N–H and O–H groups in total. The Labute approximate surface area is 201 Å². The Balaban J connectivity index is 1.31. The van der Waals surface area contributed by atoms with Crippen LogP contribution in [0.5, 0.6) is 0 Å². The number of rotatable bonds is 5. The Morgan fingerprint density at radius 2 is 1.77 bits per heavy atom. The minimum atomic E-state index is -0.995. The number of H-pyrrole nitrogens is 1. The van der Waals surface area contributed by atoms with Gasteiger partial charge in [-0.05, 0) is 55.0 Å². The van der Waals surface area contributed by atoms with E-state index in [-0.39, 0.29) is 23.7 Å². The molecule has 1 aromatic heterocycles. The molecule has 1 fully saturated rings. The number of fused-ring (bicyclic) bond motifs is 1. The van der Waals surface area contributed by atoms with Crippen LogP contribution in [0.25, 0.3) is 0 Å². The third-order valence-corrected chi connectivity index (χ3v) is 6.65. The molecule has 0 unspecified atom stereocenters. The van der Waals surface area contributed by atoms with Crippen LogP contribution in [-0.4, -0.2) is 34.9 Å². The Kier molecular flexibility index (Phi) is 6.31. The molecule has 9 heteroatoms. The van der Waals surface area contributed by atoms with Gasteiger partial charge in [0.25, 0.3) is 5.56 Å². The average Bonchev–Trinajstić information content (AvgIpc) is 2.85. The summed E-state index contributed by atoms with van der Waals surface area (Å²) in [5.41, 5.74) is 1.38. The second-order valence-corrected chi connectivity index (χ2v) is 9.07. The van der Waals surface area contributed by atoms with E-state index in [2.05, 4.69) is 32.7 Å². The predicted octanol–water partition coefficient (Wildman–Crippen LogP) is 3.43. The first-order chi connectivity index (χ1) is 17.0. The fraction of sp³-hybridized carbons (Fsp3) is 0.308. The molecule has 0 aliphatic carbocycles. The maximum Gasteiger partial charge on any atom is 0.258 e. The molecule has 2 aliphatic heterocycles. The number of carbonyl (C=O) groups is 2. The molecule has 35 heavy (non-hydrogen) atoms. The van der Waals surface area contributed by atoms with Crippen LogP contribution in [0.15, 0.2) is 59.4 Å². The first kappa shape index (κ1) is 22.8. The average molecular weight is 476 g/mol. The summed E-state index contributed by atoms with van der Waals surface area (Å²) in [6, 6.07) is 15.7. The number of anilines is 3. The van der Waals surface area contributed by atoms with Gasteiger partial charge in [0.2, 0.25) is 17.8 Å². The number of hydrogen-bond acceptors (Lipinski definition) is 5. The van der Waals surface area contributed by atoms with Crippen molar-refractivity contribution in [3.05, 3.63) is 81.9 Å². The van der Waals surface area contributed by atoms with Gasteiger partial charge in [-0.1, -0.05) is 30.3 Å². The van der Waals surface area contributed by atoms with E-state index in [4.69, 9.17) is 0 Å². The maximum absolute atomic E-state index is 13.2. The summed E-state index contributed by atoms with van der Waals surface area (Å²) in [7, 11) is 0. The second-order valence-electron chi connectivity index (χ2n) is 9.07. The van der Waals surface area contributed by atoms with Gasteiger partial charge < -0.3 is 15.5 Å². The summed E-state index contributed by atoms with van der Waals surface area (Å²) in [5, 5.41) is 5.31. The van der Waals surface area contributed by atoms with Crippen molar-refractivity contribution in [1.82, 2.24) is 9.97 Å². The normalized spacial score (nSPS) is 18.0. The van der Waals surface area contributed by atoms with Crippen LogP contribution in [0.1, 0.15) is 36.3 Å². The molecule has 1 atom stereocenters. The molecule has 3 heterocycles. The van der Waals surface area contributed by atoms with Crippen molar-refractivity contribution >= 4 is 29.3 Å². The summed E-state index contributed by atoms with van der Waals surface area (Å²) in [4.78, 5) is 47.7.